The number of hydrogen-bond acceptors (Lipinski definition) is 8. The van der Waals surface area contributed by atoms with E-state index < -0.39 is 59.7 Å². The monoisotopic (exact) mass is 656 g/mol. The summed E-state index contributed by atoms with van der Waals surface area (Å²) in [5.41, 5.74) is 23.1. The number of aliphatic imine (C=N–C) groups is 1. The average molecular weight is 657 g/mol. The van der Waals surface area contributed by atoms with E-state index in [4.69, 9.17) is 22.9 Å². The molecule has 2 aliphatic heterocycles. The van der Waals surface area contributed by atoms with Crippen LogP contribution in [0.1, 0.15) is 69.8 Å². The molecule has 47 heavy (non-hydrogen) atoms. The summed E-state index contributed by atoms with van der Waals surface area (Å²) in [6, 6.07) is 4.40. The highest BCUT2D eigenvalue weighted by molar-refractivity contribution is 5.98. The molecular weight excluding hydrogens is 604 g/mol. The Hall–Kier alpha value is -4.24. The van der Waals surface area contributed by atoms with Crippen molar-refractivity contribution in [3.63, 3.8) is 0 Å². The topological polar surface area (TPSA) is 253 Å². The van der Waals surface area contributed by atoms with Crippen molar-refractivity contribution < 1.29 is 24.0 Å². The Balaban J connectivity index is 2.01. The molecule has 12 N–H and O–H groups in total. The molecule has 0 bridgehead atoms. The number of hydrogen-bond donors (Lipinski definition) is 8. The van der Waals surface area contributed by atoms with Gasteiger partial charge in [-0.2, -0.15) is 0 Å². The maximum absolute atomic E-state index is 14.0. The van der Waals surface area contributed by atoms with Crippen LogP contribution in [0.2, 0.25) is 0 Å². The molecule has 5 atom stereocenters. The lowest BCUT2D eigenvalue weighted by atomic mass is 10.0. The van der Waals surface area contributed by atoms with Crippen molar-refractivity contribution in [2.24, 2.45) is 27.9 Å². The first kappa shape index (κ1) is 37.2. The van der Waals surface area contributed by atoms with E-state index in [-0.39, 0.29) is 38.2 Å². The van der Waals surface area contributed by atoms with Gasteiger partial charge in [-0.25, -0.2) is 0 Å². The predicted octanol–water partition coefficient (Wildman–Crippen LogP) is -1.52. The zero-order valence-electron chi connectivity index (χ0n) is 27.1. The van der Waals surface area contributed by atoms with E-state index in [2.05, 4.69) is 26.3 Å². The van der Waals surface area contributed by atoms with E-state index in [0.29, 0.717) is 64.6 Å². The van der Waals surface area contributed by atoms with E-state index in [1.165, 1.54) is 4.90 Å². The van der Waals surface area contributed by atoms with Gasteiger partial charge in [0.15, 0.2) is 5.96 Å². The van der Waals surface area contributed by atoms with Crippen molar-refractivity contribution in [3.8, 4) is 0 Å². The molecule has 0 radical (unpaired) electrons. The number of fused-ring (bicyclic) bond motifs is 1. The van der Waals surface area contributed by atoms with Crippen LogP contribution in [0.15, 0.2) is 35.3 Å². The number of carbonyl (C=O) groups is 5. The number of unbranched alkanes of at least 4 members (excludes halogenated alkanes) is 2. The van der Waals surface area contributed by atoms with Crippen LogP contribution in [0, 0.1) is 0 Å². The molecule has 2 aliphatic rings. The van der Waals surface area contributed by atoms with Crippen LogP contribution in [0.25, 0.3) is 0 Å². The van der Waals surface area contributed by atoms with E-state index in [9.17, 15) is 24.0 Å². The number of guanidine groups is 1. The molecule has 3 rings (SSSR count). The quantitative estimate of drug-likeness (QED) is 0.0657. The summed E-state index contributed by atoms with van der Waals surface area (Å²) in [7, 11) is 0. The number of nitrogens with one attached hydrogen (secondary N) is 4. The molecule has 2 saturated heterocycles. The van der Waals surface area contributed by atoms with Crippen molar-refractivity contribution in [1.29, 1.82) is 0 Å². The molecular formula is C32H52N10O5. The van der Waals surface area contributed by atoms with Crippen LogP contribution in [-0.4, -0.2) is 96.8 Å². The fraction of sp³-hybridized carbons (Fsp3) is 0.625. The van der Waals surface area contributed by atoms with Gasteiger partial charge in [0, 0.05) is 19.5 Å². The second kappa shape index (κ2) is 19.4. The van der Waals surface area contributed by atoms with Gasteiger partial charge in [-0.3, -0.25) is 29.0 Å². The number of nitrogens with two attached hydrogens (primary N) is 4. The minimum atomic E-state index is -1.02. The third-order valence-corrected chi connectivity index (χ3v) is 8.47. The van der Waals surface area contributed by atoms with Crippen molar-refractivity contribution >= 4 is 35.5 Å². The summed E-state index contributed by atoms with van der Waals surface area (Å²) in [4.78, 5) is 74.5. The fourth-order valence-corrected chi connectivity index (χ4v) is 5.93. The Labute approximate surface area is 276 Å². The molecule has 0 saturated carbocycles. The first-order chi connectivity index (χ1) is 22.6. The van der Waals surface area contributed by atoms with E-state index >= 15 is 0 Å². The van der Waals surface area contributed by atoms with Gasteiger partial charge in [0.2, 0.25) is 29.5 Å². The van der Waals surface area contributed by atoms with Crippen molar-refractivity contribution in [2.75, 3.05) is 26.2 Å². The van der Waals surface area contributed by atoms with Gasteiger partial charge in [0.05, 0.1) is 0 Å². The van der Waals surface area contributed by atoms with Gasteiger partial charge < -0.3 is 49.1 Å². The summed E-state index contributed by atoms with van der Waals surface area (Å²) in [5.74, 6) is -2.61. The zero-order valence-corrected chi connectivity index (χ0v) is 27.1. The van der Waals surface area contributed by atoms with E-state index in [1.54, 1.807) is 0 Å². The number of carbonyl (C=O) groups excluding carboxylic acids is 5. The van der Waals surface area contributed by atoms with Crippen LogP contribution in [0.5, 0.6) is 0 Å². The third kappa shape index (κ3) is 11.8. The van der Waals surface area contributed by atoms with Crippen molar-refractivity contribution in [1.82, 2.24) is 26.2 Å². The Kier molecular flexibility index (Phi) is 15.4. The van der Waals surface area contributed by atoms with Gasteiger partial charge in [-0.05, 0) is 82.9 Å². The summed E-state index contributed by atoms with van der Waals surface area (Å²) in [6.45, 7) is 1.37. The van der Waals surface area contributed by atoms with Crippen LogP contribution in [-0.2, 0) is 30.4 Å². The molecule has 0 unspecified atom stereocenters. The standard InChI is InChI=1S/C32H52N10O5/c33-16-6-4-12-22-27(43)38-23(13-5-7-17-34)28(44)40-24(14-8-18-37-32(35)36)31(47)42-19-9-15-26(42)30(46)41-25(29(45)39-22)20-21-10-2-1-3-11-21/h1-3,10-11,22-26H,4-9,12-20,33-34H2,(H,38,43)(H,39,45)(H,40,44)(H,41,46)(H4,35,36,37)/t22-,23-,24-,25-,26+/m0/s1. The average Bonchev–Trinajstić information content (AvgIpc) is 3.55. The Morgan fingerprint density at radius 1 is 0.702 bits per heavy atom. The Morgan fingerprint density at radius 2 is 1.23 bits per heavy atom. The normalized spacial score (nSPS) is 24.3. The predicted molar refractivity (Wildman–Crippen MR) is 178 cm³/mol. The smallest absolute Gasteiger partial charge is 0.245 e. The Morgan fingerprint density at radius 3 is 1.81 bits per heavy atom. The first-order valence-corrected chi connectivity index (χ1v) is 16.7. The molecule has 15 heteroatoms. The largest absolute Gasteiger partial charge is 0.370 e. The maximum Gasteiger partial charge on any atom is 0.245 e. The summed E-state index contributed by atoms with van der Waals surface area (Å²) < 4.78 is 0. The van der Waals surface area contributed by atoms with Gasteiger partial charge >= 0.3 is 0 Å². The zero-order chi connectivity index (χ0) is 34.2. The third-order valence-electron chi connectivity index (χ3n) is 8.47. The summed E-state index contributed by atoms with van der Waals surface area (Å²) in [6.07, 6.45) is 4.64. The Bertz CT molecular complexity index is 1230. The lowest BCUT2D eigenvalue weighted by Gasteiger charge is -2.30. The minimum absolute atomic E-state index is 0.0874. The molecule has 1 aromatic rings. The second-order valence-corrected chi connectivity index (χ2v) is 12.1. The highest BCUT2D eigenvalue weighted by atomic mass is 16.2. The van der Waals surface area contributed by atoms with Crippen LogP contribution >= 0.6 is 0 Å². The van der Waals surface area contributed by atoms with Crippen LogP contribution < -0.4 is 44.2 Å². The molecule has 5 amide bonds. The molecule has 1 aromatic carbocycles. The van der Waals surface area contributed by atoms with E-state index in [0.717, 1.165) is 5.56 Å². The molecule has 260 valence electrons. The maximum atomic E-state index is 14.0. The SMILES string of the molecule is NCCCC[C@@H]1NC(=O)[C@H](Cc2ccccc2)NC(=O)[C@H]2CCCN2C(=O)[C@H](CCCN=C(N)N)NC(=O)[C@H](CCCCN)NC1=O. The lowest BCUT2D eigenvalue weighted by molar-refractivity contribution is -0.142. The molecule has 15 nitrogen and oxygen atoms in total. The lowest BCUT2D eigenvalue weighted by Crippen LogP contribution is -2.57. The summed E-state index contributed by atoms with van der Waals surface area (Å²) in [5, 5.41) is 11.4. The fourth-order valence-electron chi connectivity index (χ4n) is 5.93. The molecule has 2 heterocycles. The van der Waals surface area contributed by atoms with Crippen LogP contribution in [0.4, 0.5) is 0 Å². The van der Waals surface area contributed by atoms with Gasteiger partial charge in [0.25, 0.3) is 0 Å². The molecule has 0 aromatic heterocycles. The number of rotatable bonds is 14. The highest BCUT2D eigenvalue weighted by Gasteiger charge is 2.40. The second-order valence-electron chi connectivity index (χ2n) is 12.1. The molecule has 0 aliphatic carbocycles. The molecule has 2 fully saturated rings. The van der Waals surface area contributed by atoms with Gasteiger partial charge in [-0.1, -0.05) is 30.3 Å². The summed E-state index contributed by atoms with van der Waals surface area (Å²) >= 11 is 0. The molecule has 0 spiro atoms. The van der Waals surface area contributed by atoms with Gasteiger partial charge in [-0.15, -0.1) is 0 Å². The van der Waals surface area contributed by atoms with E-state index in [1.807, 2.05) is 30.3 Å². The highest BCUT2D eigenvalue weighted by Crippen LogP contribution is 2.21. The van der Waals surface area contributed by atoms with Crippen molar-refractivity contribution in [3.05, 3.63) is 35.9 Å². The van der Waals surface area contributed by atoms with Crippen molar-refractivity contribution in [2.45, 2.75) is 101 Å². The number of benzene rings is 1. The first-order valence-electron chi connectivity index (χ1n) is 16.7. The number of nitrogens with zero attached hydrogens (tertiary/aromatic N) is 2. The number of amides is 5. The van der Waals surface area contributed by atoms with Gasteiger partial charge in [0.1, 0.15) is 30.2 Å². The van der Waals surface area contributed by atoms with Crippen LogP contribution in [0.3, 0.4) is 0 Å². The minimum Gasteiger partial charge on any atom is -0.370 e.